The van der Waals surface area contributed by atoms with Crippen molar-refractivity contribution in [2.75, 3.05) is 13.7 Å². The number of aliphatic hydroxyl groups is 2. The summed E-state index contributed by atoms with van der Waals surface area (Å²) in [6.45, 7) is -0.430. The Hall–Kier alpha value is -1.26. The van der Waals surface area contributed by atoms with Gasteiger partial charge in [0.15, 0.2) is 11.5 Å². The Balaban J connectivity index is 3.08. The molecule has 0 aliphatic carbocycles. The lowest BCUT2D eigenvalue weighted by Crippen LogP contribution is -2.03. The zero-order valence-electron chi connectivity index (χ0n) is 7.27. The van der Waals surface area contributed by atoms with E-state index in [0.29, 0.717) is 0 Å². The lowest BCUT2D eigenvalue weighted by Gasteiger charge is -2.11. The van der Waals surface area contributed by atoms with Crippen molar-refractivity contribution in [2.45, 2.75) is 6.10 Å². The lowest BCUT2D eigenvalue weighted by atomic mass is 10.1. The Bertz CT molecular complexity index is 285. The second kappa shape index (κ2) is 4.11. The number of methoxy groups -OCH3 is 1. The van der Waals surface area contributed by atoms with Gasteiger partial charge in [-0.05, 0) is 6.07 Å². The van der Waals surface area contributed by atoms with Gasteiger partial charge >= 0.3 is 0 Å². The van der Waals surface area contributed by atoms with Crippen LogP contribution in [0.4, 0.5) is 0 Å². The maximum atomic E-state index is 9.49. The quantitative estimate of drug-likeness (QED) is 0.637. The molecule has 0 aliphatic heterocycles. The Labute approximate surface area is 76.0 Å². The number of phenolic OH excluding ortho intramolecular Hbond substituents is 1. The molecule has 0 aliphatic rings. The standard InChI is InChI=1S/C9H12O4/c1-13-8-4-2-3-6(9(8)12)7(11)5-10/h2-4,7,10-12H,5H2,1H3. The predicted molar refractivity (Wildman–Crippen MR) is 46.7 cm³/mol. The van der Waals surface area contributed by atoms with E-state index in [0.717, 1.165) is 0 Å². The Morgan fingerprint density at radius 3 is 2.69 bits per heavy atom. The molecular formula is C9H12O4. The number of ether oxygens (including phenoxy) is 1. The van der Waals surface area contributed by atoms with Crippen molar-refractivity contribution in [3.05, 3.63) is 23.8 Å². The highest BCUT2D eigenvalue weighted by molar-refractivity contribution is 5.46. The molecule has 1 aromatic carbocycles. The van der Waals surface area contributed by atoms with Crippen molar-refractivity contribution in [1.29, 1.82) is 0 Å². The molecule has 13 heavy (non-hydrogen) atoms. The normalized spacial score (nSPS) is 12.5. The topological polar surface area (TPSA) is 69.9 Å². The van der Waals surface area contributed by atoms with Gasteiger partial charge in [-0.2, -0.15) is 0 Å². The van der Waals surface area contributed by atoms with Gasteiger partial charge in [-0.3, -0.25) is 0 Å². The minimum atomic E-state index is -1.07. The predicted octanol–water partition coefficient (Wildman–Crippen LogP) is 0.426. The number of para-hydroxylation sites is 1. The molecule has 0 saturated carbocycles. The van der Waals surface area contributed by atoms with Gasteiger partial charge in [0, 0.05) is 5.56 Å². The third kappa shape index (κ3) is 1.91. The number of rotatable bonds is 3. The third-order valence-electron chi connectivity index (χ3n) is 1.78. The molecule has 4 heteroatoms. The first-order chi connectivity index (χ1) is 6.20. The van der Waals surface area contributed by atoms with Crippen LogP contribution < -0.4 is 4.74 Å². The summed E-state index contributed by atoms with van der Waals surface area (Å²) in [5, 5.41) is 27.4. The van der Waals surface area contributed by atoms with Crippen LogP contribution in [0.2, 0.25) is 0 Å². The van der Waals surface area contributed by atoms with E-state index in [2.05, 4.69) is 0 Å². The maximum absolute atomic E-state index is 9.49. The van der Waals surface area contributed by atoms with Crippen LogP contribution in [0.5, 0.6) is 11.5 Å². The molecule has 1 aromatic rings. The Kier molecular flexibility index (Phi) is 3.11. The summed E-state index contributed by atoms with van der Waals surface area (Å²) < 4.78 is 4.84. The van der Waals surface area contributed by atoms with Crippen LogP contribution in [0.3, 0.4) is 0 Å². The molecule has 0 radical (unpaired) electrons. The third-order valence-corrected chi connectivity index (χ3v) is 1.78. The monoisotopic (exact) mass is 184 g/mol. The van der Waals surface area contributed by atoms with E-state index in [1.54, 1.807) is 12.1 Å². The molecule has 0 aromatic heterocycles. The molecule has 72 valence electrons. The molecule has 4 nitrogen and oxygen atoms in total. The number of benzene rings is 1. The first-order valence-electron chi connectivity index (χ1n) is 3.85. The van der Waals surface area contributed by atoms with E-state index in [1.165, 1.54) is 13.2 Å². The van der Waals surface area contributed by atoms with Gasteiger partial charge in [0.1, 0.15) is 6.10 Å². The molecule has 1 atom stereocenters. The van der Waals surface area contributed by atoms with Crippen LogP contribution in [-0.4, -0.2) is 29.0 Å². The van der Waals surface area contributed by atoms with E-state index < -0.39 is 12.7 Å². The molecule has 0 heterocycles. The summed E-state index contributed by atoms with van der Waals surface area (Å²) in [5.41, 5.74) is 0.266. The van der Waals surface area contributed by atoms with Gasteiger partial charge in [0.25, 0.3) is 0 Å². The van der Waals surface area contributed by atoms with Crippen molar-refractivity contribution in [3.63, 3.8) is 0 Å². The maximum Gasteiger partial charge on any atom is 0.163 e. The van der Waals surface area contributed by atoms with E-state index in [4.69, 9.17) is 9.84 Å². The van der Waals surface area contributed by atoms with Gasteiger partial charge in [-0.25, -0.2) is 0 Å². The van der Waals surface area contributed by atoms with Crippen LogP contribution in [0.25, 0.3) is 0 Å². The first-order valence-corrected chi connectivity index (χ1v) is 3.85. The van der Waals surface area contributed by atoms with Gasteiger partial charge in [-0.1, -0.05) is 12.1 Å². The van der Waals surface area contributed by atoms with Crippen LogP contribution in [0, 0.1) is 0 Å². The van der Waals surface area contributed by atoms with Crippen LogP contribution in [0.1, 0.15) is 11.7 Å². The van der Waals surface area contributed by atoms with Crippen molar-refractivity contribution in [2.24, 2.45) is 0 Å². The molecule has 0 amide bonds. The molecule has 0 fully saturated rings. The fraction of sp³-hybridized carbons (Fsp3) is 0.333. The lowest BCUT2D eigenvalue weighted by molar-refractivity contribution is 0.0931. The highest BCUT2D eigenvalue weighted by Gasteiger charge is 2.13. The number of hydrogen-bond acceptors (Lipinski definition) is 4. The number of aliphatic hydroxyl groups excluding tert-OH is 2. The van der Waals surface area contributed by atoms with Crippen LogP contribution in [-0.2, 0) is 0 Å². The van der Waals surface area contributed by atoms with Crippen LogP contribution >= 0.6 is 0 Å². The van der Waals surface area contributed by atoms with Gasteiger partial charge in [0.05, 0.1) is 13.7 Å². The second-order valence-corrected chi connectivity index (χ2v) is 2.60. The smallest absolute Gasteiger partial charge is 0.163 e. The van der Waals surface area contributed by atoms with Crippen molar-refractivity contribution < 1.29 is 20.1 Å². The average Bonchev–Trinajstić information content (AvgIpc) is 2.17. The Morgan fingerprint density at radius 2 is 2.15 bits per heavy atom. The molecule has 0 spiro atoms. The number of phenols is 1. The van der Waals surface area contributed by atoms with Crippen LogP contribution in [0.15, 0.2) is 18.2 Å². The first kappa shape index (κ1) is 9.83. The zero-order chi connectivity index (χ0) is 9.84. The molecule has 0 bridgehead atoms. The molecular weight excluding hydrogens is 172 g/mol. The minimum Gasteiger partial charge on any atom is -0.504 e. The van der Waals surface area contributed by atoms with Gasteiger partial charge < -0.3 is 20.1 Å². The van der Waals surface area contributed by atoms with E-state index in [-0.39, 0.29) is 17.1 Å². The van der Waals surface area contributed by atoms with E-state index in [1.807, 2.05) is 0 Å². The highest BCUT2D eigenvalue weighted by atomic mass is 16.5. The number of hydrogen-bond donors (Lipinski definition) is 3. The van der Waals surface area contributed by atoms with E-state index in [9.17, 15) is 10.2 Å². The Morgan fingerprint density at radius 1 is 1.46 bits per heavy atom. The highest BCUT2D eigenvalue weighted by Crippen LogP contribution is 2.32. The fourth-order valence-corrected chi connectivity index (χ4v) is 1.07. The molecule has 0 saturated heterocycles. The van der Waals surface area contributed by atoms with Crippen molar-refractivity contribution in [3.8, 4) is 11.5 Å². The molecule has 1 rings (SSSR count). The fourth-order valence-electron chi connectivity index (χ4n) is 1.07. The summed E-state index contributed by atoms with van der Waals surface area (Å²) >= 11 is 0. The van der Waals surface area contributed by atoms with Gasteiger partial charge in [0.2, 0.25) is 0 Å². The molecule has 3 N–H and O–H groups in total. The second-order valence-electron chi connectivity index (χ2n) is 2.60. The average molecular weight is 184 g/mol. The summed E-state index contributed by atoms with van der Waals surface area (Å²) in [6, 6.07) is 4.73. The summed E-state index contributed by atoms with van der Waals surface area (Å²) in [5.74, 6) is 0.150. The zero-order valence-corrected chi connectivity index (χ0v) is 7.27. The van der Waals surface area contributed by atoms with Crippen molar-refractivity contribution in [1.82, 2.24) is 0 Å². The van der Waals surface area contributed by atoms with E-state index >= 15 is 0 Å². The molecule has 1 unspecified atom stereocenters. The summed E-state index contributed by atoms with van der Waals surface area (Å²) in [4.78, 5) is 0. The van der Waals surface area contributed by atoms with Gasteiger partial charge in [-0.15, -0.1) is 0 Å². The number of aromatic hydroxyl groups is 1. The van der Waals surface area contributed by atoms with Crippen molar-refractivity contribution >= 4 is 0 Å². The largest absolute Gasteiger partial charge is 0.504 e. The SMILES string of the molecule is COc1cccc(C(O)CO)c1O. The summed E-state index contributed by atoms with van der Waals surface area (Å²) in [7, 11) is 1.42. The summed E-state index contributed by atoms with van der Waals surface area (Å²) in [6.07, 6.45) is -1.07. The minimum absolute atomic E-state index is 0.133.